The Morgan fingerprint density at radius 1 is 0.884 bits per heavy atom. The van der Waals surface area contributed by atoms with Crippen LogP contribution in [0.15, 0.2) is 91.0 Å². The second kappa shape index (κ2) is 12.8. The third-order valence-electron chi connectivity index (χ3n) is 7.17. The summed E-state index contributed by atoms with van der Waals surface area (Å²) >= 11 is 5.95. The highest BCUT2D eigenvalue weighted by Gasteiger charge is 2.31. The number of anilines is 1. The number of fused-ring (bicyclic) bond motifs is 3. The third kappa shape index (κ3) is 6.52. The lowest BCUT2D eigenvalue weighted by Crippen LogP contribution is -2.45. The molecule has 0 bridgehead atoms. The number of carbonyl (C=O) groups is 4. The predicted octanol–water partition coefficient (Wildman–Crippen LogP) is 5.90. The van der Waals surface area contributed by atoms with Crippen molar-refractivity contribution in [1.82, 2.24) is 5.32 Å². The summed E-state index contributed by atoms with van der Waals surface area (Å²) in [5, 5.41) is 14.9. The van der Waals surface area contributed by atoms with Crippen LogP contribution in [0.1, 0.15) is 39.4 Å². The molecule has 2 amide bonds. The van der Waals surface area contributed by atoms with Crippen LogP contribution in [0.25, 0.3) is 11.1 Å². The summed E-state index contributed by atoms with van der Waals surface area (Å²) in [4.78, 5) is 51.0. The molecule has 0 fully saturated rings. The van der Waals surface area contributed by atoms with E-state index in [1.807, 2.05) is 48.5 Å². The number of methoxy groups -OCH3 is 1. The molecular formula is C33H27ClN2O7. The first-order chi connectivity index (χ1) is 20.7. The molecule has 1 aliphatic carbocycles. The van der Waals surface area contributed by atoms with E-state index in [0.717, 1.165) is 22.3 Å². The normalized spacial score (nSPS) is 12.4. The van der Waals surface area contributed by atoms with Gasteiger partial charge in [0.2, 0.25) is 5.91 Å². The number of hydrogen-bond donors (Lipinski definition) is 3. The van der Waals surface area contributed by atoms with Gasteiger partial charge in [-0.3, -0.25) is 14.4 Å². The maximum Gasteiger partial charge on any atom is 0.407 e. The molecule has 0 aromatic heterocycles. The quantitative estimate of drug-likeness (QED) is 0.194. The molecule has 0 unspecified atom stereocenters. The fourth-order valence-corrected chi connectivity index (χ4v) is 5.22. The molecule has 9 nitrogen and oxygen atoms in total. The first kappa shape index (κ1) is 29.3. The number of benzene rings is 4. The van der Waals surface area contributed by atoms with Crippen LogP contribution in [0.3, 0.4) is 0 Å². The average Bonchev–Trinajstić information content (AvgIpc) is 3.33. The monoisotopic (exact) mass is 598 g/mol. The number of alkyl carbamates (subject to hydrolysis) is 1. The molecule has 4 aromatic carbocycles. The highest BCUT2D eigenvalue weighted by Crippen LogP contribution is 2.44. The molecule has 1 aliphatic rings. The number of carboxylic acids is 1. The highest BCUT2D eigenvalue weighted by molar-refractivity contribution is 6.30. The maximum absolute atomic E-state index is 13.3. The summed E-state index contributed by atoms with van der Waals surface area (Å²) in [6.45, 7) is -0.0144. The molecule has 3 N–H and O–H groups in total. The predicted molar refractivity (Wildman–Crippen MR) is 161 cm³/mol. The Hall–Kier alpha value is -5.15. The van der Waals surface area contributed by atoms with Gasteiger partial charge in [-0.25, -0.2) is 4.79 Å². The van der Waals surface area contributed by atoms with Crippen molar-refractivity contribution in [3.05, 3.63) is 118 Å². The summed E-state index contributed by atoms with van der Waals surface area (Å²) in [5.41, 5.74) is 4.65. The lowest BCUT2D eigenvalue weighted by atomic mass is 9.98. The van der Waals surface area contributed by atoms with Gasteiger partial charge < -0.3 is 25.2 Å². The summed E-state index contributed by atoms with van der Waals surface area (Å²) < 4.78 is 10.8. The van der Waals surface area contributed by atoms with E-state index in [4.69, 9.17) is 21.1 Å². The van der Waals surface area contributed by atoms with Crippen LogP contribution in [0.5, 0.6) is 5.75 Å². The van der Waals surface area contributed by atoms with E-state index in [9.17, 15) is 24.3 Å². The van der Waals surface area contributed by atoms with E-state index in [-0.39, 0.29) is 23.8 Å². The summed E-state index contributed by atoms with van der Waals surface area (Å²) in [7, 11) is 1.44. The molecule has 218 valence electrons. The fourth-order valence-electron chi connectivity index (χ4n) is 5.09. The van der Waals surface area contributed by atoms with Crippen molar-refractivity contribution >= 4 is 41.0 Å². The molecule has 0 saturated heterocycles. The van der Waals surface area contributed by atoms with E-state index in [1.54, 1.807) is 30.3 Å². The topological polar surface area (TPSA) is 131 Å². The van der Waals surface area contributed by atoms with Gasteiger partial charge in [0.25, 0.3) is 0 Å². The van der Waals surface area contributed by atoms with Crippen molar-refractivity contribution in [2.24, 2.45) is 0 Å². The molecule has 1 atom stereocenters. The van der Waals surface area contributed by atoms with E-state index in [0.29, 0.717) is 16.3 Å². The summed E-state index contributed by atoms with van der Waals surface area (Å²) in [6, 6.07) is 24.9. The van der Waals surface area contributed by atoms with Crippen LogP contribution in [-0.2, 0) is 14.3 Å². The van der Waals surface area contributed by atoms with Crippen molar-refractivity contribution in [3.63, 3.8) is 0 Å². The zero-order valence-electron chi connectivity index (χ0n) is 23.0. The maximum atomic E-state index is 13.3. The van der Waals surface area contributed by atoms with Crippen molar-refractivity contribution in [3.8, 4) is 16.9 Å². The number of aliphatic carboxylic acids is 1. The van der Waals surface area contributed by atoms with Gasteiger partial charge in [0.05, 0.1) is 19.2 Å². The van der Waals surface area contributed by atoms with Crippen molar-refractivity contribution < 1.29 is 33.8 Å². The van der Waals surface area contributed by atoms with Gasteiger partial charge in [0.15, 0.2) is 5.78 Å². The van der Waals surface area contributed by atoms with Crippen molar-refractivity contribution in [2.45, 2.75) is 18.4 Å². The van der Waals surface area contributed by atoms with Crippen molar-refractivity contribution in [2.75, 3.05) is 19.0 Å². The Bertz CT molecular complexity index is 1660. The van der Waals surface area contributed by atoms with Crippen LogP contribution in [-0.4, -0.2) is 48.6 Å². The molecule has 0 radical (unpaired) electrons. The molecule has 43 heavy (non-hydrogen) atoms. The number of rotatable bonds is 10. The van der Waals surface area contributed by atoms with Gasteiger partial charge >= 0.3 is 12.1 Å². The Kier molecular flexibility index (Phi) is 8.73. The van der Waals surface area contributed by atoms with Crippen LogP contribution in [0, 0.1) is 0 Å². The fraction of sp³-hybridized carbons (Fsp3) is 0.152. The molecule has 5 rings (SSSR count). The molecule has 0 aliphatic heterocycles. The van der Waals surface area contributed by atoms with Crippen LogP contribution < -0.4 is 15.4 Å². The number of nitrogens with one attached hydrogen (secondary N) is 2. The Labute approximate surface area is 252 Å². The highest BCUT2D eigenvalue weighted by atomic mass is 35.5. The van der Waals surface area contributed by atoms with E-state index in [2.05, 4.69) is 10.6 Å². The van der Waals surface area contributed by atoms with Gasteiger partial charge in [0, 0.05) is 22.1 Å². The SMILES string of the molecule is COc1ccc(NC(=O)[C@H](CC(=O)O)NC(=O)OCC2c3ccccc3-c3ccccc32)c(C(=O)c2ccc(Cl)cc2)c1. The second-order valence-corrected chi connectivity index (χ2v) is 10.3. The minimum atomic E-state index is -1.49. The number of ketones is 1. The lowest BCUT2D eigenvalue weighted by molar-refractivity contribution is -0.139. The molecule has 0 spiro atoms. The molecular weight excluding hydrogens is 572 g/mol. The van der Waals surface area contributed by atoms with E-state index >= 15 is 0 Å². The van der Waals surface area contributed by atoms with Gasteiger partial charge in [-0.05, 0) is 64.7 Å². The number of carboxylic acid groups (broad SMARTS) is 1. The van der Waals surface area contributed by atoms with Crippen molar-refractivity contribution in [1.29, 1.82) is 0 Å². The average molecular weight is 599 g/mol. The van der Waals surface area contributed by atoms with Gasteiger partial charge in [0.1, 0.15) is 18.4 Å². The Morgan fingerprint density at radius 2 is 1.51 bits per heavy atom. The largest absolute Gasteiger partial charge is 0.497 e. The number of hydrogen-bond acceptors (Lipinski definition) is 6. The van der Waals surface area contributed by atoms with Crippen LogP contribution in [0.4, 0.5) is 10.5 Å². The minimum Gasteiger partial charge on any atom is -0.497 e. The number of halogens is 1. The second-order valence-electron chi connectivity index (χ2n) is 9.86. The Morgan fingerprint density at radius 3 is 2.12 bits per heavy atom. The molecule has 4 aromatic rings. The first-order valence-electron chi connectivity index (χ1n) is 13.4. The lowest BCUT2D eigenvalue weighted by Gasteiger charge is -2.19. The minimum absolute atomic E-state index is 0.0144. The number of carbonyl (C=O) groups excluding carboxylic acids is 3. The molecule has 0 saturated carbocycles. The van der Waals surface area contributed by atoms with Gasteiger partial charge in [-0.15, -0.1) is 0 Å². The van der Waals surface area contributed by atoms with E-state index in [1.165, 1.54) is 19.2 Å². The zero-order chi connectivity index (χ0) is 30.5. The standard InChI is InChI=1S/C33H27ClN2O7/c1-42-21-14-15-28(26(16-21)31(39)19-10-12-20(34)13-11-19)35-32(40)29(17-30(37)38)36-33(41)43-18-27-24-8-4-2-6-22(24)23-7-3-5-9-25(23)27/h2-16,27,29H,17-18H2,1H3,(H,35,40)(H,36,41)(H,37,38)/t29-/m0/s1. The van der Waals surface area contributed by atoms with Gasteiger partial charge in [-0.1, -0.05) is 60.1 Å². The molecule has 10 heteroatoms. The third-order valence-corrected chi connectivity index (χ3v) is 7.42. The Balaban J connectivity index is 1.31. The summed E-state index contributed by atoms with van der Waals surface area (Å²) in [6.07, 6.45) is -1.66. The van der Waals surface area contributed by atoms with Crippen LogP contribution in [0.2, 0.25) is 5.02 Å². The zero-order valence-corrected chi connectivity index (χ0v) is 23.8. The van der Waals surface area contributed by atoms with Crippen LogP contribution >= 0.6 is 11.6 Å². The smallest absolute Gasteiger partial charge is 0.407 e. The number of amides is 2. The number of ether oxygens (including phenoxy) is 2. The first-order valence-corrected chi connectivity index (χ1v) is 13.8. The van der Waals surface area contributed by atoms with E-state index < -0.39 is 36.2 Å². The van der Waals surface area contributed by atoms with Gasteiger partial charge in [-0.2, -0.15) is 0 Å². The summed E-state index contributed by atoms with van der Waals surface area (Å²) in [5.74, 6) is -2.43. The molecule has 0 heterocycles.